The number of aliphatic imine (C=N–C) groups is 1. The highest BCUT2D eigenvalue weighted by Gasteiger charge is 2.19. The minimum Gasteiger partial charge on any atom is -0.370 e. The van der Waals surface area contributed by atoms with Crippen LogP contribution < -0.4 is 10.6 Å². The molecular formula is C12H17FN4. The zero-order valence-corrected chi connectivity index (χ0v) is 9.93. The molecule has 4 nitrogen and oxygen atoms in total. The Morgan fingerprint density at radius 3 is 2.47 bits per heavy atom. The Bertz CT molecular complexity index is 411. The number of halogens is 1. The Hall–Kier alpha value is -1.78. The molecule has 0 amide bonds. The molecule has 1 aromatic rings. The van der Waals surface area contributed by atoms with Gasteiger partial charge in [0.25, 0.3) is 0 Å². The molecular weight excluding hydrogens is 219 g/mol. The first kappa shape index (κ1) is 11.7. The molecule has 5 heteroatoms. The zero-order valence-electron chi connectivity index (χ0n) is 9.93. The molecule has 0 aromatic heterocycles. The number of benzene rings is 1. The summed E-state index contributed by atoms with van der Waals surface area (Å²) in [5.74, 6) is 0.385. The van der Waals surface area contributed by atoms with E-state index in [1.165, 1.54) is 6.07 Å². The smallest absolute Gasteiger partial charge is 0.191 e. The SMILES string of the molecule is CN=C(N)N1CCN(c2ccccc2F)CC1. The summed E-state index contributed by atoms with van der Waals surface area (Å²) in [6.07, 6.45) is 0. The Balaban J connectivity index is 2.03. The molecule has 1 aromatic carbocycles. The van der Waals surface area contributed by atoms with Gasteiger partial charge in [0.1, 0.15) is 5.82 Å². The van der Waals surface area contributed by atoms with E-state index in [2.05, 4.69) is 4.99 Å². The fourth-order valence-electron chi connectivity index (χ4n) is 2.03. The largest absolute Gasteiger partial charge is 0.370 e. The molecule has 1 fully saturated rings. The van der Waals surface area contributed by atoms with E-state index in [0.29, 0.717) is 11.6 Å². The van der Waals surface area contributed by atoms with Crippen LogP contribution in [0.2, 0.25) is 0 Å². The third kappa shape index (κ3) is 2.49. The molecule has 2 N–H and O–H groups in total. The van der Waals surface area contributed by atoms with E-state index < -0.39 is 0 Å². The van der Waals surface area contributed by atoms with Crippen molar-refractivity contribution in [2.75, 3.05) is 38.1 Å². The Kier molecular flexibility index (Phi) is 3.46. The maximum absolute atomic E-state index is 13.6. The minimum absolute atomic E-state index is 0.168. The summed E-state index contributed by atoms with van der Waals surface area (Å²) in [6.45, 7) is 3.07. The van der Waals surface area contributed by atoms with E-state index in [-0.39, 0.29) is 5.82 Å². The first-order valence-corrected chi connectivity index (χ1v) is 5.69. The topological polar surface area (TPSA) is 44.9 Å². The number of rotatable bonds is 1. The monoisotopic (exact) mass is 236 g/mol. The normalized spacial score (nSPS) is 17.4. The van der Waals surface area contributed by atoms with Crippen molar-refractivity contribution < 1.29 is 4.39 Å². The second-order valence-corrected chi connectivity index (χ2v) is 4.01. The molecule has 0 saturated carbocycles. The van der Waals surface area contributed by atoms with Crippen LogP contribution in [0, 0.1) is 5.82 Å². The third-order valence-corrected chi connectivity index (χ3v) is 3.03. The molecule has 92 valence electrons. The summed E-state index contributed by atoms with van der Waals surface area (Å²) >= 11 is 0. The van der Waals surface area contributed by atoms with Crippen molar-refractivity contribution in [3.8, 4) is 0 Å². The van der Waals surface area contributed by atoms with Crippen molar-refractivity contribution in [3.63, 3.8) is 0 Å². The van der Waals surface area contributed by atoms with E-state index in [1.54, 1.807) is 13.1 Å². The lowest BCUT2D eigenvalue weighted by Crippen LogP contribution is -2.51. The molecule has 0 spiro atoms. The summed E-state index contributed by atoms with van der Waals surface area (Å²) in [6, 6.07) is 6.86. The van der Waals surface area contributed by atoms with E-state index >= 15 is 0 Å². The fraction of sp³-hybridized carbons (Fsp3) is 0.417. The standard InChI is InChI=1S/C12H17FN4/c1-15-12(14)17-8-6-16(7-9-17)11-5-3-2-4-10(11)13/h2-5H,6-9H2,1H3,(H2,14,15). The lowest BCUT2D eigenvalue weighted by atomic mass is 10.2. The van der Waals surface area contributed by atoms with Crippen molar-refractivity contribution in [2.24, 2.45) is 10.7 Å². The van der Waals surface area contributed by atoms with Crippen molar-refractivity contribution in [1.82, 2.24) is 4.90 Å². The van der Waals surface area contributed by atoms with Gasteiger partial charge in [0.15, 0.2) is 5.96 Å². The van der Waals surface area contributed by atoms with Gasteiger partial charge in [0.05, 0.1) is 5.69 Å². The molecule has 0 radical (unpaired) electrons. The van der Waals surface area contributed by atoms with Crippen LogP contribution in [0.15, 0.2) is 29.3 Å². The Labute approximate surface area is 101 Å². The number of para-hydroxylation sites is 1. The number of nitrogens with two attached hydrogens (primary N) is 1. The van der Waals surface area contributed by atoms with Crippen LogP contribution >= 0.6 is 0 Å². The predicted octanol–water partition coefficient (Wildman–Crippen LogP) is 0.892. The number of hydrogen-bond donors (Lipinski definition) is 1. The van der Waals surface area contributed by atoms with Gasteiger partial charge in [-0.15, -0.1) is 0 Å². The van der Waals surface area contributed by atoms with Gasteiger partial charge < -0.3 is 15.5 Å². The maximum atomic E-state index is 13.6. The fourth-order valence-corrected chi connectivity index (χ4v) is 2.03. The molecule has 0 unspecified atom stereocenters. The van der Waals surface area contributed by atoms with Crippen LogP contribution in [0.25, 0.3) is 0 Å². The molecule has 17 heavy (non-hydrogen) atoms. The van der Waals surface area contributed by atoms with Crippen LogP contribution in [0.5, 0.6) is 0 Å². The van der Waals surface area contributed by atoms with Gasteiger partial charge in [-0.25, -0.2) is 4.39 Å². The van der Waals surface area contributed by atoms with Crippen LogP contribution in [0.3, 0.4) is 0 Å². The number of hydrogen-bond acceptors (Lipinski definition) is 2. The van der Waals surface area contributed by atoms with Crippen molar-refractivity contribution in [1.29, 1.82) is 0 Å². The second kappa shape index (κ2) is 5.03. The van der Waals surface area contributed by atoms with Crippen LogP contribution in [-0.2, 0) is 0 Å². The molecule has 1 aliphatic rings. The number of nitrogens with zero attached hydrogens (tertiary/aromatic N) is 3. The van der Waals surface area contributed by atoms with Gasteiger partial charge in [-0.05, 0) is 12.1 Å². The number of anilines is 1. The van der Waals surface area contributed by atoms with Gasteiger partial charge in [-0.1, -0.05) is 12.1 Å². The molecule has 1 heterocycles. The van der Waals surface area contributed by atoms with E-state index in [9.17, 15) is 4.39 Å². The highest BCUT2D eigenvalue weighted by molar-refractivity contribution is 5.78. The average molecular weight is 236 g/mol. The highest BCUT2D eigenvalue weighted by atomic mass is 19.1. The van der Waals surface area contributed by atoms with E-state index in [0.717, 1.165) is 26.2 Å². The highest BCUT2D eigenvalue weighted by Crippen LogP contribution is 2.19. The zero-order chi connectivity index (χ0) is 12.3. The van der Waals surface area contributed by atoms with Crippen LogP contribution in [0.1, 0.15) is 0 Å². The van der Waals surface area contributed by atoms with E-state index in [4.69, 9.17) is 5.73 Å². The number of guanidine groups is 1. The molecule has 0 aliphatic carbocycles. The second-order valence-electron chi connectivity index (χ2n) is 4.01. The van der Waals surface area contributed by atoms with Gasteiger partial charge in [0, 0.05) is 33.2 Å². The Morgan fingerprint density at radius 2 is 1.88 bits per heavy atom. The Morgan fingerprint density at radius 1 is 1.24 bits per heavy atom. The van der Waals surface area contributed by atoms with Crippen molar-refractivity contribution in [3.05, 3.63) is 30.1 Å². The van der Waals surface area contributed by atoms with Crippen molar-refractivity contribution >= 4 is 11.6 Å². The average Bonchev–Trinajstić information content (AvgIpc) is 2.39. The van der Waals surface area contributed by atoms with E-state index in [1.807, 2.05) is 21.9 Å². The summed E-state index contributed by atoms with van der Waals surface area (Å²) in [4.78, 5) is 8.00. The molecule has 1 aliphatic heterocycles. The summed E-state index contributed by atoms with van der Waals surface area (Å²) < 4.78 is 13.6. The number of piperazine rings is 1. The first-order chi connectivity index (χ1) is 8.22. The molecule has 0 atom stereocenters. The van der Waals surface area contributed by atoms with Gasteiger partial charge >= 0.3 is 0 Å². The third-order valence-electron chi connectivity index (χ3n) is 3.03. The summed E-state index contributed by atoms with van der Waals surface area (Å²) in [5.41, 5.74) is 6.41. The van der Waals surface area contributed by atoms with Crippen LogP contribution in [-0.4, -0.2) is 44.1 Å². The quantitative estimate of drug-likeness (QED) is 0.582. The molecule has 0 bridgehead atoms. The summed E-state index contributed by atoms with van der Waals surface area (Å²) in [7, 11) is 1.68. The van der Waals surface area contributed by atoms with Gasteiger partial charge in [-0.3, -0.25) is 4.99 Å². The first-order valence-electron chi connectivity index (χ1n) is 5.69. The molecule has 2 rings (SSSR count). The van der Waals surface area contributed by atoms with Gasteiger partial charge in [0.2, 0.25) is 0 Å². The summed E-state index contributed by atoms with van der Waals surface area (Å²) in [5, 5.41) is 0. The van der Waals surface area contributed by atoms with Crippen LogP contribution in [0.4, 0.5) is 10.1 Å². The molecule has 1 saturated heterocycles. The predicted molar refractivity (Wildman–Crippen MR) is 67.7 cm³/mol. The lowest BCUT2D eigenvalue weighted by molar-refractivity contribution is 0.379. The van der Waals surface area contributed by atoms with Crippen molar-refractivity contribution in [2.45, 2.75) is 0 Å². The maximum Gasteiger partial charge on any atom is 0.191 e. The van der Waals surface area contributed by atoms with Gasteiger partial charge in [-0.2, -0.15) is 0 Å². The lowest BCUT2D eigenvalue weighted by Gasteiger charge is -2.36. The minimum atomic E-state index is -0.168.